The molecule has 0 N–H and O–H groups in total. The molecule has 32 heavy (non-hydrogen) atoms. The van der Waals surface area contributed by atoms with Crippen LogP contribution in [0, 0.1) is 0 Å². The van der Waals surface area contributed by atoms with Crippen LogP contribution < -0.4 is 5.30 Å². The van der Waals surface area contributed by atoms with E-state index in [4.69, 9.17) is 9.73 Å². The third-order valence-electron chi connectivity index (χ3n) is 7.62. The van der Waals surface area contributed by atoms with E-state index < -0.39 is 0 Å². The number of hydrogen-bond donors (Lipinski definition) is 0. The monoisotopic (exact) mass is 439 g/mol. The summed E-state index contributed by atoms with van der Waals surface area (Å²) < 4.78 is 6.27. The van der Waals surface area contributed by atoms with Gasteiger partial charge in [0.15, 0.2) is 0 Å². The molecule has 6 rings (SSSR count). The lowest BCUT2D eigenvalue weighted by atomic mass is 9.74. The van der Waals surface area contributed by atoms with Gasteiger partial charge in [0.25, 0.3) is 0 Å². The number of ether oxygens (including phenoxy) is 1. The number of aliphatic imine (C=N–C) groups is 1. The molecule has 3 aromatic rings. The van der Waals surface area contributed by atoms with Gasteiger partial charge in [-0.3, -0.25) is 0 Å². The minimum absolute atomic E-state index is 0.133. The first-order valence-corrected chi connectivity index (χ1v) is 14.1. The summed E-state index contributed by atoms with van der Waals surface area (Å²) in [4.78, 5) is 5.10. The van der Waals surface area contributed by atoms with E-state index in [0.29, 0.717) is 6.61 Å². The van der Waals surface area contributed by atoms with Crippen molar-refractivity contribution in [3.8, 4) is 0 Å². The molecule has 2 aliphatic carbocycles. The van der Waals surface area contributed by atoms with Crippen molar-refractivity contribution >= 4 is 19.1 Å². The molecule has 2 atom stereocenters. The quantitative estimate of drug-likeness (QED) is 0.484. The Hall–Kier alpha value is -2.44. The second-order valence-electron chi connectivity index (χ2n) is 9.72. The Morgan fingerprint density at radius 2 is 1.59 bits per heavy atom. The van der Waals surface area contributed by atoms with E-state index in [2.05, 4.69) is 80.1 Å². The molecule has 0 saturated heterocycles. The lowest BCUT2D eigenvalue weighted by Crippen LogP contribution is -2.29. The van der Waals surface area contributed by atoms with Crippen molar-refractivity contribution in [2.45, 2.75) is 43.6 Å². The second-order valence-corrected chi connectivity index (χ2v) is 12.0. The van der Waals surface area contributed by atoms with Crippen LogP contribution in [0.4, 0.5) is 0 Å². The van der Waals surface area contributed by atoms with Crippen LogP contribution in [0.2, 0.25) is 0 Å². The van der Waals surface area contributed by atoms with Crippen molar-refractivity contribution in [1.29, 1.82) is 0 Å². The topological polar surface area (TPSA) is 21.6 Å². The number of rotatable bonds is 4. The summed E-state index contributed by atoms with van der Waals surface area (Å²) in [6.07, 6.45) is 5.71. The van der Waals surface area contributed by atoms with E-state index in [9.17, 15) is 0 Å². The molecule has 1 spiro atoms. The van der Waals surface area contributed by atoms with Crippen LogP contribution in [0.25, 0.3) is 0 Å². The van der Waals surface area contributed by atoms with Crippen molar-refractivity contribution in [2.75, 3.05) is 19.9 Å². The highest BCUT2D eigenvalue weighted by Crippen LogP contribution is 2.54. The van der Waals surface area contributed by atoms with E-state index >= 15 is 0 Å². The summed E-state index contributed by atoms with van der Waals surface area (Å²) in [6.45, 7) is 5.48. The largest absolute Gasteiger partial charge is 0.475 e. The van der Waals surface area contributed by atoms with Gasteiger partial charge in [-0.2, -0.15) is 0 Å². The summed E-state index contributed by atoms with van der Waals surface area (Å²) in [7, 11) is -0.147. The third kappa shape index (κ3) is 3.15. The highest BCUT2D eigenvalue weighted by Gasteiger charge is 2.48. The van der Waals surface area contributed by atoms with Crippen molar-refractivity contribution in [3.63, 3.8) is 0 Å². The molecule has 162 valence electrons. The summed E-state index contributed by atoms with van der Waals surface area (Å²) >= 11 is 0. The van der Waals surface area contributed by atoms with Gasteiger partial charge < -0.3 is 4.74 Å². The van der Waals surface area contributed by atoms with E-state index in [1.807, 2.05) is 0 Å². The molecule has 3 aliphatic rings. The van der Waals surface area contributed by atoms with Crippen molar-refractivity contribution < 1.29 is 4.74 Å². The van der Waals surface area contributed by atoms with E-state index in [1.165, 1.54) is 41.5 Å². The fourth-order valence-electron chi connectivity index (χ4n) is 6.27. The second kappa shape index (κ2) is 7.85. The number of fused-ring (bicyclic) bond motifs is 4. The van der Waals surface area contributed by atoms with Crippen LogP contribution >= 0.6 is 7.92 Å². The molecule has 3 aromatic carbocycles. The average molecular weight is 440 g/mol. The SMILES string of the molecule is CP(C)c1cccc2c1[C@@]1(CCc3cccc(C4=N[C@@H](Cc5ccccc5)CO4)c31)CC2. The number of nitrogens with zero attached hydrogens (tertiary/aromatic N) is 1. The molecule has 0 saturated carbocycles. The maximum absolute atomic E-state index is 6.27. The Morgan fingerprint density at radius 1 is 0.875 bits per heavy atom. The van der Waals surface area contributed by atoms with Crippen LogP contribution in [-0.4, -0.2) is 31.9 Å². The van der Waals surface area contributed by atoms with Gasteiger partial charge in [-0.25, -0.2) is 4.99 Å². The molecule has 0 bridgehead atoms. The summed E-state index contributed by atoms with van der Waals surface area (Å²) in [5, 5.41) is 1.59. The van der Waals surface area contributed by atoms with Gasteiger partial charge in [0.05, 0.1) is 6.04 Å². The Morgan fingerprint density at radius 3 is 2.34 bits per heavy atom. The maximum atomic E-state index is 6.27. The number of hydrogen-bond acceptors (Lipinski definition) is 2. The van der Waals surface area contributed by atoms with Crippen molar-refractivity contribution in [3.05, 3.63) is 100 Å². The molecule has 3 heteroatoms. The molecule has 0 fully saturated rings. The number of aryl methyl sites for hydroxylation is 2. The van der Waals surface area contributed by atoms with Crippen molar-refractivity contribution in [1.82, 2.24) is 0 Å². The van der Waals surface area contributed by atoms with Crippen LogP contribution in [-0.2, 0) is 29.4 Å². The molecule has 2 nitrogen and oxygen atoms in total. The lowest BCUT2D eigenvalue weighted by Gasteiger charge is -2.31. The molecule has 0 aromatic heterocycles. The molecular weight excluding hydrogens is 409 g/mol. The molecule has 0 unspecified atom stereocenters. The van der Waals surface area contributed by atoms with Gasteiger partial charge in [0.1, 0.15) is 6.61 Å². The van der Waals surface area contributed by atoms with E-state index in [-0.39, 0.29) is 19.4 Å². The Bertz CT molecular complexity index is 1200. The van der Waals surface area contributed by atoms with Crippen LogP contribution in [0.5, 0.6) is 0 Å². The van der Waals surface area contributed by atoms with E-state index in [0.717, 1.165) is 18.7 Å². The first-order valence-electron chi connectivity index (χ1n) is 11.8. The van der Waals surface area contributed by atoms with Crippen LogP contribution in [0.1, 0.15) is 46.2 Å². The molecule has 0 radical (unpaired) electrons. The van der Waals surface area contributed by atoms with Crippen LogP contribution in [0.15, 0.2) is 71.7 Å². The average Bonchev–Trinajstić information content (AvgIpc) is 3.53. The summed E-state index contributed by atoms with van der Waals surface area (Å²) in [5.74, 6) is 0.866. The van der Waals surface area contributed by atoms with Gasteiger partial charge in [-0.05, 0) is 84.6 Å². The zero-order valence-electron chi connectivity index (χ0n) is 19.0. The zero-order chi connectivity index (χ0) is 21.7. The maximum Gasteiger partial charge on any atom is 0.216 e. The minimum Gasteiger partial charge on any atom is -0.475 e. The first-order chi connectivity index (χ1) is 15.7. The molecule has 1 heterocycles. The van der Waals surface area contributed by atoms with E-state index in [1.54, 1.807) is 16.4 Å². The predicted molar refractivity (Wildman–Crippen MR) is 135 cm³/mol. The third-order valence-corrected chi connectivity index (χ3v) is 8.95. The first kappa shape index (κ1) is 20.2. The summed E-state index contributed by atoms with van der Waals surface area (Å²) in [5.41, 5.74) is 8.93. The Balaban J connectivity index is 1.43. The van der Waals surface area contributed by atoms with Gasteiger partial charge in [0.2, 0.25) is 5.90 Å². The predicted octanol–water partition coefficient (Wildman–Crippen LogP) is 5.62. The fourth-order valence-corrected chi connectivity index (χ4v) is 7.46. The lowest BCUT2D eigenvalue weighted by molar-refractivity contribution is 0.316. The molecule has 1 aliphatic heterocycles. The zero-order valence-corrected chi connectivity index (χ0v) is 19.9. The standard InChI is InChI=1S/C29H30NOP/c1-32(2)25-13-7-11-22-15-17-29(27(22)25)16-14-21-10-6-12-24(26(21)29)28-30-23(19-31-28)18-20-8-4-3-5-9-20/h3-13,23H,14-19H2,1-2H3/t23-,29-/m0/s1. The van der Waals surface area contributed by atoms with Crippen molar-refractivity contribution in [2.24, 2.45) is 4.99 Å². The smallest absolute Gasteiger partial charge is 0.216 e. The molecular formula is C29H30NOP. The van der Waals surface area contributed by atoms with Gasteiger partial charge in [0, 0.05) is 11.0 Å². The van der Waals surface area contributed by atoms with Gasteiger partial charge in [-0.1, -0.05) is 68.6 Å². The van der Waals surface area contributed by atoms with Gasteiger partial charge in [-0.15, -0.1) is 0 Å². The fraction of sp³-hybridized carbons (Fsp3) is 0.345. The molecule has 0 amide bonds. The van der Waals surface area contributed by atoms with Crippen LogP contribution in [0.3, 0.4) is 0 Å². The number of benzene rings is 3. The normalized spacial score (nSPS) is 23.3. The van der Waals surface area contributed by atoms with Gasteiger partial charge >= 0.3 is 0 Å². The minimum atomic E-state index is -0.147. The summed E-state index contributed by atoms with van der Waals surface area (Å²) in [6, 6.07) is 24.7. The Labute approximate surface area is 192 Å². The highest BCUT2D eigenvalue weighted by atomic mass is 31.1. The highest BCUT2D eigenvalue weighted by molar-refractivity contribution is 7.64. The Kier molecular flexibility index (Phi) is 4.95.